The maximum absolute atomic E-state index is 4.63. The highest BCUT2D eigenvalue weighted by molar-refractivity contribution is 7.99. The number of pyridine rings is 1. The van der Waals surface area contributed by atoms with E-state index in [1.807, 2.05) is 6.20 Å². The van der Waals surface area contributed by atoms with E-state index in [1.54, 1.807) is 0 Å². The smallest absolute Gasteiger partial charge is 0.0572 e. The summed E-state index contributed by atoms with van der Waals surface area (Å²) in [5.74, 6) is 2.52. The van der Waals surface area contributed by atoms with Crippen LogP contribution < -0.4 is 10.2 Å². The highest BCUT2D eigenvalue weighted by atomic mass is 32.2. The van der Waals surface area contributed by atoms with Crippen molar-refractivity contribution in [2.45, 2.75) is 32.7 Å². The second-order valence-electron chi connectivity index (χ2n) is 5.07. The number of rotatable bonds is 5. The summed E-state index contributed by atoms with van der Waals surface area (Å²) in [4.78, 5) is 7.09. The predicted octanol–water partition coefficient (Wildman–Crippen LogP) is 3.09. The Morgan fingerprint density at radius 2 is 2.26 bits per heavy atom. The first-order valence-electron chi connectivity index (χ1n) is 7.33. The topological polar surface area (TPSA) is 28.2 Å². The van der Waals surface area contributed by atoms with Crippen LogP contribution in [0.25, 0.3) is 0 Å². The van der Waals surface area contributed by atoms with Crippen LogP contribution in [0.4, 0.5) is 5.69 Å². The highest BCUT2D eigenvalue weighted by Crippen LogP contribution is 2.20. The first-order valence-corrected chi connectivity index (χ1v) is 8.48. The maximum atomic E-state index is 4.63. The summed E-state index contributed by atoms with van der Waals surface area (Å²) in [6.07, 6.45) is 4.48. The van der Waals surface area contributed by atoms with Crippen molar-refractivity contribution in [3.63, 3.8) is 0 Å². The summed E-state index contributed by atoms with van der Waals surface area (Å²) in [5.41, 5.74) is 2.41. The number of hydrogen-bond acceptors (Lipinski definition) is 4. The molecule has 0 amide bonds. The molecule has 1 aromatic rings. The molecule has 2 rings (SSSR count). The van der Waals surface area contributed by atoms with Gasteiger partial charge in [0.1, 0.15) is 0 Å². The number of nitrogens with one attached hydrogen (secondary N) is 1. The van der Waals surface area contributed by atoms with E-state index in [-0.39, 0.29) is 0 Å². The lowest BCUT2D eigenvalue weighted by Gasteiger charge is -2.22. The lowest BCUT2D eigenvalue weighted by molar-refractivity contribution is 0.558. The van der Waals surface area contributed by atoms with Crippen molar-refractivity contribution in [2.24, 2.45) is 0 Å². The van der Waals surface area contributed by atoms with Gasteiger partial charge in [-0.25, -0.2) is 0 Å². The van der Waals surface area contributed by atoms with Crippen LogP contribution in [0, 0.1) is 0 Å². The average Bonchev–Trinajstić information content (AvgIpc) is 2.74. The van der Waals surface area contributed by atoms with Crippen LogP contribution in [0.2, 0.25) is 0 Å². The van der Waals surface area contributed by atoms with Crippen LogP contribution in [-0.2, 0) is 0 Å². The fraction of sp³-hybridized carbons (Fsp3) is 0.667. The van der Waals surface area contributed by atoms with E-state index < -0.39 is 0 Å². The van der Waals surface area contributed by atoms with Gasteiger partial charge in [0.2, 0.25) is 0 Å². The first-order chi connectivity index (χ1) is 9.31. The number of hydrogen-bond donors (Lipinski definition) is 1. The van der Waals surface area contributed by atoms with Crippen LogP contribution in [-0.4, -0.2) is 36.1 Å². The van der Waals surface area contributed by atoms with E-state index in [2.05, 4.69) is 52.9 Å². The third-order valence-electron chi connectivity index (χ3n) is 3.50. The molecule has 19 heavy (non-hydrogen) atoms. The number of nitrogens with zero attached hydrogens (tertiary/aromatic N) is 2. The average molecular weight is 279 g/mol. The van der Waals surface area contributed by atoms with Crippen LogP contribution in [0.15, 0.2) is 18.3 Å². The van der Waals surface area contributed by atoms with Crippen LogP contribution >= 0.6 is 11.8 Å². The molecule has 0 saturated carbocycles. The Kier molecular flexibility index (Phi) is 5.98. The molecule has 4 heteroatoms. The van der Waals surface area contributed by atoms with Gasteiger partial charge in [0, 0.05) is 24.9 Å². The standard InChI is InChI=1S/C15H25N3S/c1-3-7-16-13(2)15-6-5-14(12-17-15)18-8-4-10-19-11-9-18/h5-6,12-13,16H,3-4,7-11H2,1-2H3. The van der Waals surface area contributed by atoms with Gasteiger partial charge in [0.05, 0.1) is 17.6 Å². The number of thioether (sulfide) groups is 1. The van der Waals surface area contributed by atoms with Crippen molar-refractivity contribution in [3.8, 4) is 0 Å². The molecule has 0 bridgehead atoms. The summed E-state index contributed by atoms with van der Waals surface area (Å²) in [7, 11) is 0. The zero-order valence-corrected chi connectivity index (χ0v) is 12.9. The molecule has 1 N–H and O–H groups in total. The SMILES string of the molecule is CCCNC(C)c1ccc(N2CCCSCC2)cn1. The zero-order valence-electron chi connectivity index (χ0n) is 12.1. The minimum atomic E-state index is 0.341. The van der Waals surface area contributed by atoms with Crippen molar-refractivity contribution in [3.05, 3.63) is 24.0 Å². The molecule has 1 atom stereocenters. The molecule has 1 aliphatic heterocycles. The van der Waals surface area contributed by atoms with Gasteiger partial charge in [-0.1, -0.05) is 6.92 Å². The molecule has 1 saturated heterocycles. The fourth-order valence-electron chi connectivity index (χ4n) is 2.31. The van der Waals surface area contributed by atoms with Gasteiger partial charge in [0.15, 0.2) is 0 Å². The summed E-state index contributed by atoms with van der Waals surface area (Å²) < 4.78 is 0. The quantitative estimate of drug-likeness (QED) is 0.896. The summed E-state index contributed by atoms with van der Waals surface area (Å²) in [5, 5.41) is 3.48. The van der Waals surface area contributed by atoms with Gasteiger partial charge in [0.25, 0.3) is 0 Å². The second-order valence-corrected chi connectivity index (χ2v) is 6.29. The molecule has 1 aliphatic rings. The molecular formula is C15H25N3S. The number of aromatic nitrogens is 1. The Balaban J connectivity index is 1.96. The van der Waals surface area contributed by atoms with Gasteiger partial charge < -0.3 is 10.2 Å². The monoisotopic (exact) mass is 279 g/mol. The Bertz CT molecular complexity index is 358. The number of anilines is 1. The summed E-state index contributed by atoms with van der Waals surface area (Å²) in [6, 6.07) is 4.73. The van der Waals surface area contributed by atoms with Crippen molar-refractivity contribution in [2.75, 3.05) is 36.0 Å². The lowest BCUT2D eigenvalue weighted by Crippen LogP contribution is -2.26. The van der Waals surface area contributed by atoms with Gasteiger partial charge in [-0.05, 0) is 44.2 Å². The van der Waals surface area contributed by atoms with E-state index in [0.717, 1.165) is 31.7 Å². The van der Waals surface area contributed by atoms with Crippen LogP contribution in [0.5, 0.6) is 0 Å². The molecule has 0 aromatic carbocycles. The Labute approximate surface area is 121 Å². The van der Waals surface area contributed by atoms with Gasteiger partial charge in [-0.15, -0.1) is 0 Å². The molecule has 2 heterocycles. The van der Waals surface area contributed by atoms with Crippen molar-refractivity contribution in [1.82, 2.24) is 10.3 Å². The lowest BCUT2D eigenvalue weighted by atomic mass is 10.2. The molecule has 3 nitrogen and oxygen atoms in total. The van der Waals surface area contributed by atoms with E-state index in [0.29, 0.717) is 6.04 Å². The minimum absolute atomic E-state index is 0.341. The van der Waals surface area contributed by atoms with Crippen LogP contribution in [0.1, 0.15) is 38.4 Å². The Morgan fingerprint density at radius 1 is 1.37 bits per heavy atom. The second kappa shape index (κ2) is 7.75. The normalized spacial score (nSPS) is 18.1. The molecule has 1 aromatic heterocycles. The minimum Gasteiger partial charge on any atom is -0.369 e. The summed E-state index contributed by atoms with van der Waals surface area (Å²) >= 11 is 2.06. The highest BCUT2D eigenvalue weighted by Gasteiger charge is 2.11. The van der Waals surface area contributed by atoms with Gasteiger partial charge in [-0.3, -0.25) is 4.98 Å². The Morgan fingerprint density at radius 3 is 3.00 bits per heavy atom. The Hall–Kier alpha value is -0.740. The predicted molar refractivity (Wildman–Crippen MR) is 85.1 cm³/mol. The largest absolute Gasteiger partial charge is 0.369 e. The molecule has 1 unspecified atom stereocenters. The molecule has 0 radical (unpaired) electrons. The van der Waals surface area contributed by atoms with Crippen molar-refractivity contribution in [1.29, 1.82) is 0 Å². The third kappa shape index (κ3) is 4.39. The van der Waals surface area contributed by atoms with Gasteiger partial charge >= 0.3 is 0 Å². The van der Waals surface area contributed by atoms with Crippen LogP contribution in [0.3, 0.4) is 0 Å². The van der Waals surface area contributed by atoms with E-state index >= 15 is 0 Å². The summed E-state index contributed by atoms with van der Waals surface area (Å²) in [6.45, 7) is 7.73. The van der Waals surface area contributed by atoms with Gasteiger partial charge in [-0.2, -0.15) is 11.8 Å². The molecule has 106 valence electrons. The zero-order chi connectivity index (χ0) is 13.5. The maximum Gasteiger partial charge on any atom is 0.0572 e. The van der Waals surface area contributed by atoms with Crippen molar-refractivity contribution >= 4 is 17.4 Å². The van der Waals surface area contributed by atoms with Crippen molar-refractivity contribution < 1.29 is 0 Å². The third-order valence-corrected chi connectivity index (χ3v) is 4.55. The molecule has 1 fully saturated rings. The fourth-order valence-corrected chi connectivity index (χ4v) is 3.20. The first kappa shape index (κ1) is 14.7. The van der Waals surface area contributed by atoms with E-state index in [9.17, 15) is 0 Å². The van der Waals surface area contributed by atoms with E-state index in [1.165, 1.54) is 23.6 Å². The molecule has 0 spiro atoms. The molecular weight excluding hydrogens is 254 g/mol. The molecule has 0 aliphatic carbocycles. The van der Waals surface area contributed by atoms with E-state index in [4.69, 9.17) is 0 Å².